The Bertz CT molecular complexity index is 951. The largest absolute Gasteiger partial charge is 0.385 e. The third-order valence-electron chi connectivity index (χ3n) is 10.5. The number of hydrogen-bond acceptors (Lipinski definition) is 5. The molecular weight excluding hydrogens is 402 g/mol. The molecule has 5 nitrogen and oxygen atoms in total. The minimum absolute atomic E-state index is 0.104. The van der Waals surface area contributed by atoms with Crippen LogP contribution in [0.1, 0.15) is 66.2 Å². The summed E-state index contributed by atoms with van der Waals surface area (Å²) in [6, 6.07) is 0.361. The molecule has 32 heavy (non-hydrogen) atoms. The van der Waals surface area contributed by atoms with Gasteiger partial charge in [0.1, 0.15) is 6.10 Å². The molecule has 0 unspecified atom stereocenters. The predicted octanol–water partition coefficient (Wildman–Crippen LogP) is 3.36. The topological polar surface area (TPSA) is 75.6 Å². The Labute approximate surface area is 191 Å². The Morgan fingerprint density at radius 3 is 2.81 bits per heavy atom. The van der Waals surface area contributed by atoms with Gasteiger partial charge in [0.2, 0.25) is 0 Å². The van der Waals surface area contributed by atoms with Crippen molar-refractivity contribution in [2.24, 2.45) is 35.0 Å². The van der Waals surface area contributed by atoms with Crippen molar-refractivity contribution in [1.82, 2.24) is 5.32 Å². The van der Waals surface area contributed by atoms with Crippen molar-refractivity contribution in [1.29, 1.82) is 0 Å². The van der Waals surface area contributed by atoms with Crippen LogP contribution in [0, 0.1) is 35.0 Å². The number of carbonyl (C=O) groups is 2. The minimum atomic E-state index is -0.903. The summed E-state index contributed by atoms with van der Waals surface area (Å²) < 4.78 is 6.89. The van der Waals surface area contributed by atoms with Gasteiger partial charge >= 0.3 is 0 Å². The molecule has 5 heteroatoms. The Kier molecular flexibility index (Phi) is 4.56. The van der Waals surface area contributed by atoms with Gasteiger partial charge in [-0.2, -0.15) is 0 Å². The molecule has 6 aliphatic rings. The third kappa shape index (κ3) is 2.56. The zero-order valence-corrected chi connectivity index (χ0v) is 19.8. The van der Waals surface area contributed by atoms with Crippen molar-refractivity contribution in [3.05, 3.63) is 22.8 Å². The zero-order chi connectivity index (χ0) is 22.6. The number of ether oxygens (including phenoxy) is 1. The highest BCUT2D eigenvalue weighted by Gasteiger charge is 2.63. The Morgan fingerprint density at radius 1 is 1.25 bits per heavy atom. The summed E-state index contributed by atoms with van der Waals surface area (Å²) in [4.78, 5) is 26.6. The Hall–Kier alpha value is -1.30. The van der Waals surface area contributed by atoms with E-state index in [1.165, 1.54) is 5.57 Å². The first-order valence-corrected chi connectivity index (χ1v) is 12.7. The SMILES string of the molecule is CC1=C2C(=O)[C@H]3[C@@H](CC=C4C[C@@H](O)C(=O)C[C@@]43C)[C@@H]2CC[C@]12O[C@@H]1C[C@H](C)CN[C@H]1[C@H]2C. The molecule has 2 heterocycles. The first-order valence-electron chi connectivity index (χ1n) is 12.7. The molecule has 0 aromatic rings. The second kappa shape index (κ2) is 6.86. The maximum absolute atomic E-state index is 14.1. The predicted molar refractivity (Wildman–Crippen MR) is 121 cm³/mol. The molecule has 0 aromatic carbocycles. The smallest absolute Gasteiger partial charge is 0.163 e. The Balaban J connectivity index is 1.39. The summed E-state index contributed by atoms with van der Waals surface area (Å²) in [6.07, 6.45) is 6.21. The molecule has 6 rings (SSSR count). The molecule has 0 bridgehead atoms. The standard InChI is InChI=1S/C27H37NO4/c1-13-9-21-24(28-12-13)15(3)27(32-21)8-7-17-18-6-5-16-10-19(29)20(30)11-26(16,4)23(18)25(31)22(17)14(27)2/h5,13,15,17-19,21,23-24,28-29H,6-12H2,1-4H3/t13-,15+,17-,18-,19+,21+,23+,24-,26-,27-/m0/s1. The second-order valence-electron chi connectivity index (χ2n) is 12.0. The van der Waals surface area contributed by atoms with E-state index in [0.717, 1.165) is 43.4 Å². The third-order valence-corrected chi connectivity index (χ3v) is 10.5. The lowest BCUT2D eigenvalue weighted by molar-refractivity contribution is -0.135. The highest BCUT2D eigenvalue weighted by molar-refractivity contribution is 6.03. The maximum Gasteiger partial charge on any atom is 0.163 e. The average Bonchev–Trinajstić information content (AvgIpc) is 3.19. The van der Waals surface area contributed by atoms with Crippen LogP contribution in [0.5, 0.6) is 0 Å². The molecule has 2 N–H and O–H groups in total. The second-order valence-corrected chi connectivity index (χ2v) is 12.0. The number of ketones is 2. The molecule has 0 radical (unpaired) electrons. The van der Waals surface area contributed by atoms with Crippen LogP contribution in [0.15, 0.2) is 22.8 Å². The highest BCUT2D eigenvalue weighted by atomic mass is 16.5. The number of aliphatic hydroxyl groups excluding tert-OH is 1. The van der Waals surface area contributed by atoms with Gasteiger partial charge in [-0.25, -0.2) is 0 Å². The van der Waals surface area contributed by atoms with Crippen molar-refractivity contribution in [3.8, 4) is 0 Å². The van der Waals surface area contributed by atoms with Gasteiger partial charge in [-0.3, -0.25) is 9.59 Å². The fraction of sp³-hybridized carbons (Fsp3) is 0.778. The number of Topliss-reactive ketones (excluding diaryl/α,β-unsaturated/α-hetero) is 2. The van der Waals surface area contributed by atoms with Crippen molar-refractivity contribution < 1.29 is 19.4 Å². The van der Waals surface area contributed by atoms with Gasteiger partial charge in [-0.15, -0.1) is 0 Å². The van der Waals surface area contributed by atoms with E-state index in [1.54, 1.807) is 0 Å². The van der Waals surface area contributed by atoms with Crippen molar-refractivity contribution in [3.63, 3.8) is 0 Å². The summed E-state index contributed by atoms with van der Waals surface area (Å²) in [6.45, 7) is 9.91. The van der Waals surface area contributed by atoms with Crippen LogP contribution in [0.25, 0.3) is 0 Å². The molecule has 2 aliphatic heterocycles. The lowest BCUT2D eigenvalue weighted by atomic mass is 9.56. The van der Waals surface area contributed by atoms with Gasteiger partial charge in [0.25, 0.3) is 0 Å². The van der Waals surface area contributed by atoms with Crippen molar-refractivity contribution >= 4 is 11.6 Å². The van der Waals surface area contributed by atoms with E-state index in [9.17, 15) is 14.7 Å². The fourth-order valence-corrected chi connectivity index (χ4v) is 8.81. The zero-order valence-electron chi connectivity index (χ0n) is 19.8. The van der Waals surface area contributed by atoms with Crippen molar-refractivity contribution in [2.45, 2.75) is 90.1 Å². The van der Waals surface area contributed by atoms with Gasteiger partial charge in [0, 0.05) is 41.7 Å². The number of nitrogens with one attached hydrogen (secondary N) is 1. The van der Waals surface area contributed by atoms with Crippen LogP contribution in [0.4, 0.5) is 0 Å². The first kappa shape index (κ1) is 21.2. The van der Waals surface area contributed by atoms with Gasteiger partial charge in [-0.05, 0) is 62.5 Å². The fourth-order valence-electron chi connectivity index (χ4n) is 8.81. The number of rotatable bonds is 0. The normalized spacial score (nSPS) is 52.5. The molecule has 174 valence electrons. The van der Waals surface area contributed by atoms with E-state index in [1.807, 2.05) is 0 Å². The number of aliphatic hydroxyl groups is 1. The molecule has 4 fully saturated rings. The quantitative estimate of drug-likeness (QED) is 0.566. The summed E-state index contributed by atoms with van der Waals surface area (Å²) in [5, 5.41) is 13.9. The number of piperidine rings is 1. The molecule has 2 saturated carbocycles. The van der Waals surface area contributed by atoms with Gasteiger partial charge in [-0.1, -0.05) is 32.4 Å². The van der Waals surface area contributed by atoms with Crippen LogP contribution in [0.2, 0.25) is 0 Å². The number of allylic oxidation sites excluding steroid dienone is 2. The van der Waals surface area contributed by atoms with Crippen LogP contribution in [-0.4, -0.2) is 47.1 Å². The number of fused-ring (bicyclic) bond motifs is 6. The lowest BCUT2D eigenvalue weighted by Gasteiger charge is -2.47. The van der Waals surface area contributed by atoms with Gasteiger partial charge < -0.3 is 15.2 Å². The Morgan fingerprint density at radius 2 is 2.03 bits per heavy atom. The first-order chi connectivity index (χ1) is 15.2. The minimum Gasteiger partial charge on any atom is -0.385 e. The molecule has 4 aliphatic carbocycles. The van der Waals surface area contributed by atoms with E-state index in [2.05, 4.69) is 39.1 Å². The summed E-state index contributed by atoms with van der Waals surface area (Å²) in [5.74, 6) is 1.54. The lowest BCUT2D eigenvalue weighted by Crippen LogP contribution is -2.49. The molecule has 0 aromatic heterocycles. The number of hydrogen-bond donors (Lipinski definition) is 2. The molecule has 0 amide bonds. The van der Waals surface area contributed by atoms with E-state index in [0.29, 0.717) is 24.3 Å². The molecular formula is C27H37NO4. The molecule has 10 atom stereocenters. The molecule has 1 spiro atoms. The van der Waals surface area contributed by atoms with E-state index in [4.69, 9.17) is 4.74 Å². The van der Waals surface area contributed by atoms with Gasteiger partial charge in [0.05, 0.1) is 11.7 Å². The van der Waals surface area contributed by atoms with E-state index in [-0.39, 0.29) is 47.4 Å². The van der Waals surface area contributed by atoms with E-state index < -0.39 is 11.5 Å². The monoisotopic (exact) mass is 439 g/mol. The summed E-state index contributed by atoms with van der Waals surface area (Å²) in [7, 11) is 0. The van der Waals surface area contributed by atoms with Gasteiger partial charge in [0.15, 0.2) is 11.6 Å². The maximum atomic E-state index is 14.1. The summed E-state index contributed by atoms with van der Waals surface area (Å²) >= 11 is 0. The van der Waals surface area contributed by atoms with Crippen molar-refractivity contribution in [2.75, 3.05) is 6.54 Å². The highest BCUT2D eigenvalue weighted by Crippen LogP contribution is 2.63. The van der Waals surface area contributed by atoms with Crippen LogP contribution >= 0.6 is 0 Å². The number of carbonyl (C=O) groups excluding carboxylic acids is 2. The van der Waals surface area contributed by atoms with Crippen LogP contribution in [-0.2, 0) is 14.3 Å². The van der Waals surface area contributed by atoms with Crippen LogP contribution in [0.3, 0.4) is 0 Å². The molecule has 2 saturated heterocycles. The van der Waals surface area contributed by atoms with E-state index >= 15 is 0 Å². The van der Waals surface area contributed by atoms with Crippen LogP contribution < -0.4 is 5.32 Å². The average molecular weight is 440 g/mol. The summed E-state index contributed by atoms with van der Waals surface area (Å²) in [5.41, 5.74) is 2.55.